The molecule has 4 heteroatoms. The molecule has 148 valence electrons. The van der Waals surface area contributed by atoms with Gasteiger partial charge in [-0.3, -0.25) is 0 Å². The van der Waals surface area contributed by atoms with Crippen molar-refractivity contribution < 1.29 is 18.9 Å². The molecule has 0 nitrogen and oxygen atoms in total. The summed E-state index contributed by atoms with van der Waals surface area (Å²) in [4.78, 5) is 1.34. The maximum Gasteiger partial charge on any atom is 1.00 e. The summed E-state index contributed by atoms with van der Waals surface area (Å²) in [5.41, 5.74) is 9.03. The predicted molar refractivity (Wildman–Crippen MR) is 130 cm³/mol. The van der Waals surface area contributed by atoms with E-state index in [4.69, 9.17) is 0 Å². The summed E-state index contributed by atoms with van der Waals surface area (Å²) in [6.07, 6.45) is 9.56. The van der Waals surface area contributed by atoms with Crippen LogP contribution >= 0.6 is 23.5 Å². The second-order valence-corrected chi connectivity index (χ2v) is 14.8. The van der Waals surface area contributed by atoms with Crippen LogP contribution in [0.3, 0.4) is 0 Å². The molecule has 0 aromatic heterocycles. The summed E-state index contributed by atoms with van der Waals surface area (Å²) in [6, 6.07) is 8.40. The summed E-state index contributed by atoms with van der Waals surface area (Å²) < 4.78 is 0. The number of hydrogen-bond acceptors (Lipinski definition) is 2. The van der Waals surface area contributed by atoms with E-state index >= 15 is 0 Å². The summed E-state index contributed by atoms with van der Waals surface area (Å²) in [6.45, 7) is 11.3. The van der Waals surface area contributed by atoms with Gasteiger partial charge in [0.2, 0.25) is 0 Å². The van der Waals surface area contributed by atoms with Gasteiger partial charge in [0.15, 0.2) is 0 Å². The van der Waals surface area contributed by atoms with Gasteiger partial charge in [0.1, 0.15) is 8.07 Å². The van der Waals surface area contributed by atoms with Crippen molar-refractivity contribution in [3.05, 3.63) is 52.1 Å². The molecule has 0 atom stereocenters. The van der Waals surface area contributed by atoms with Crippen LogP contribution in [0.15, 0.2) is 34.9 Å². The summed E-state index contributed by atoms with van der Waals surface area (Å²) in [7, 11) is -1.32. The summed E-state index contributed by atoms with van der Waals surface area (Å²) in [5.74, 6) is 7.00. The zero-order chi connectivity index (χ0) is 20.0. The van der Waals surface area contributed by atoms with E-state index in [1.807, 2.05) is 11.8 Å². The molecule has 0 aliphatic heterocycles. The van der Waals surface area contributed by atoms with Gasteiger partial charge in [0.25, 0.3) is 0 Å². The number of hydrogen-bond donors (Lipinski definition) is 0. The largest absolute Gasteiger partial charge is 1.00 e. The predicted octanol–water partition coefficient (Wildman–Crippen LogP) is 4.57. The molecule has 1 aromatic carbocycles. The summed E-state index contributed by atoms with van der Waals surface area (Å²) >= 11 is 4.03. The van der Waals surface area contributed by atoms with Crippen LogP contribution in [0.5, 0.6) is 0 Å². The molecule has 0 N–H and O–H groups in total. The number of benzene rings is 1. The Labute approximate surface area is 196 Å². The van der Waals surface area contributed by atoms with E-state index in [1.165, 1.54) is 47.8 Å². The van der Waals surface area contributed by atoms with Gasteiger partial charge in [-0.1, -0.05) is 76.9 Å². The number of allylic oxidation sites excluding steroid dienone is 1. The van der Waals surface area contributed by atoms with E-state index in [-0.39, 0.29) is 18.9 Å². The van der Waals surface area contributed by atoms with Gasteiger partial charge in [0, 0.05) is 11.3 Å². The van der Waals surface area contributed by atoms with Gasteiger partial charge in [-0.15, -0.1) is 23.2 Å². The summed E-state index contributed by atoms with van der Waals surface area (Å²) in [5, 5.41) is 0. The number of unbranched alkanes of at least 4 members (excludes halogenated alkanes) is 2. The van der Waals surface area contributed by atoms with Crippen molar-refractivity contribution in [1.29, 1.82) is 0 Å². The molecular formula is C24H35LiS2Si. The fourth-order valence-electron chi connectivity index (χ4n) is 2.12. The van der Waals surface area contributed by atoms with E-state index in [0.717, 1.165) is 17.5 Å². The molecule has 1 rings (SSSR count). The fraction of sp³-hybridized carbons (Fsp3) is 0.542. The van der Waals surface area contributed by atoms with Crippen LogP contribution in [0.25, 0.3) is 0 Å². The van der Waals surface area contributed by atoms with Crippen molar-refractivity contribution in [1.82, 2.24) is 0 Å². The molecule has 0 bridgehead atoms. The van der Waals surface area contributed by atoms with Crippen molar-refractivity contribution in [2.24, 2.45) is 0 Å². The molecule has 0 spiro atoms. The smallest absolute Gasteiger partial charge is 0.212 e. The van der Waals surface area contributed by atoms with Crippen molar-refractivity contribution in [2.75, 3.05) is 17.3 Å². The first-order valence-electron chi connectivity index (χ1n) is 10.2. The Hall–Kier alpha value is -0.186. The topological polar surface area (TPSA) is 0 Å². The monoisotopic (exact) mass is 422 g/mol. The Morgan fingerprint density at radius 3 is 2.25 bits per heavy atom. The van der Waals surface area contributed by atoms with Crippen LogP contribution in [0.2, 0.25) is 19.6 Å². The second-order valence-electron chi connectivity index (χ2n) is 7.67. The zero-order valence-electron chi connectivity index (χ0n) is 18.8. The minimum atomic E-state index is -1.32. The molecular weight excluding hydrogens is 387 g/mol. The standard InChI is InChI=1S/C24H35S2Si.Li/c1-6-8-10-24(26-20-19-25-18-9-7-2)16-15-22-11-13-23(14-12-22)17-21-27(3,4)5;/h11-14H,6-10,18-20H2,1-5H3;/q-1;+1. The van der Waals surface area contributed by atoms with Crippen molar-refractivity contribution in [3.63, 3.8) is 0 Å². The third-order valence-electron chi connectivity index (χ3n) is 3.72. The SMILES string of the molecule is CCCCSCCSC(=C=[C-]c1ccc(C#C[Si](C)(C)C)cc1)CCCC.[Li+]. The fourth-order valence-corrected chi connectivity index (χ4v) is 4.80. The molecule has 0 fully saturated rings. The van der Waals surface area contributed by atoms with Crippen LogP contribution in [0.4, 0.5) is 0 Å². The number of thioether (sulfide) groups is 2. The molecule has 0 aliphatic rings. The van der Waals surface area contributed by atoms with E-state index in [9.17, 15) is 0 Å². The van der Waals surface area contributed by atoms with Gasteiger partial charge in [0.05, 0.1) is 0 Å². The van der Waals surface area contributed by atoms with E-state index < -0.39 is 8.07 Å². The molecule has 0 radical (unpaired) electrons. The Kier molecular flexibility index (Phi) is 16.5. The van der Waals surface area contributed by atoms with Crippen molar-refractivity contribution in [2.45, 2.75) is 65.6 Å². The maximum absolute atomic E-state index is 3.44. The molecule has 28 heavy (non-hydrogen) atoms. The maximum atomic E-state index is 3.44. The molecule has 0 saturated heterocycles. The van der Waals surface area contributed by atoms with Crippen molar-refractivity contribution >= 4 is 31.6 Å². The van der Waals surface area contributed by atoms with Crippen LogP contribution < -0.4 is 18.9 Å². The third-order valence-corrected chi connectivity index (χ3v) is 6.98. The van der Waals surface area contributed by atoms with Crippen LogP contribution in [0, 0.1) is 17.5 Å². The third kappa shape index (κ3) is 14.8. The van der Waals surface area contributed by atoms with E-state index in [2.05, 4.69) is 92.8 Å². The van der Waals surface area contributed by atoms with E-state index in [0.29, 0.717) is 0 Å². The molecule has 0 unspecified atom stereocenters. The first-order chi connectivity index (χ1) is 12.9. The molecule has 0 saturated carbocycles. The van der Waals surface area contributed by atoms with Gasteiger partial charge < -0.3 is 0 Å². The van der Waals surface area contributed by atoms with Gasteiger partial charge in [-0.2, -0.15) is 23.5 Å². The second kappa shape index (κ2) is 16.6. The zero-order valence-corrected chi connectivity index (χ0v) is 21.4. The van der Waals surface area contributed by atoms with E-state index in [1.54, 1.807) is 0 Å². The Morgan fingerprint density at radius 1 is 0.964 bits per heavy atom. The van der Waals surface area contributed by atoms with Crippen LogP contribution in [-0.2, 0) is 0 Å². The molecule has 0 heterocycles. The quantitative estimate of drug-likeness (QED) is 0.168. The molecule has 1 aromatic rings. The average Bonchev–Trinajstić information content (AvgIpc) is 2.64. The van der Waals surface area contributed by atoms with Crippen LogP contribution in [-0.4, -0.2) is 25.3 Å². The first-order valence-corrected chi connectivity index (χ1v) is 15.8. The molecule has 0 amide bonds. The Balaban J connectivity index is 0.00000729. The minimum absolute atomic E-state index is 0. The van der Waals surface area contributed by atoms with Crippen molar-refractivity contribution in [3.8, 4) is 11.5 Å². The average molecular weight is 423 g/mol. The van der Waals surface area contributed by atoms with Gasteiger partial charge in [-0.25, -0.2) is 5.73 Å². The molecule has 0 aliphatic carbocycles. The normalized spacial score (nSPS) is 10.3. The van der Waals surface area contributed by atoms with Gasteiger partial charge >= 0.3 is 18.9 Å². The minimum Gasteiger partial charge on any atom is -0.212 e. The Morgan fingerprint density at radius 2 is 1.64 bits per heavy atom. The van der Waals surface area contributed by atoms with Gasteiger partial charge in [-0.05, 0) is 29.3 Å². The first kappa shape index (κ1) is 27.8. The van der Waals surface area contributed by atoms with Crippen LogP contribution in [0.1, 0.15) is 57.1 Å². The number of rotatable bonds is 11. The Bertz CT molecular complexity index is 657.